The van der Waals surface area contributed by atoms with Gasteiger partial charge < -0.3 is 0 Å². The third-order valence-corrected chi connectivity index (χ3v) is 4.77. The van der Waals surface area contributed by atoms with E-state index >= 15 is 0 Å². The molecule has 1 nitrogen and oxygen atoms in total. The summed E-state index contributed by atoms with van der Waals surface area (Å²) in [5.41, 5.74) is -1.49. The molecule has 0 aromatic carbocycles. The second-order valence-corrected chi connectivity index (χ2v) is 8.08. The van der Waals surface area contributed by atoms with Crippen molar-refractivity contribution in [2.45, 2.75) is 73.0 Å². The Morgan fingerprint density at radius 2 is 1.26 bits per heavy atom. The maximum absolute atomic E-state index is 12.3. The molecule has 0 aromatic heterocycles. The number of aliphatic imine (C=N–C) groups is 1. The monoisotopic (exact) mass is 277 g/mol. The molecule has 2 rings (SSSR count). The second-order valence-electron chi connectivity index (χ2n) is 8.08. The van der Waals surface area contributed by atoms with Gasteiger partial charge in [0, 0.05) is 11.6 Å². The third-order valence-electron chi connectivity index (χ3n) is 4.77. The highest BCUT2D eigenvalue weighted by Crippen LogP contribution is 2.57. The van der Waals surface area contributed by atoms with E-state index < -0.39 is 17.1 Å². The highest BCUT2D eigenvalue weighted by atomic mass is 19.4. The smallest absolute Gasteiger partial charge is 0.272 e. The van der Waals surface area contributed by atoms with Gasteiger partial charge in [-0.05, 0) is 23.7 Å². The minimum absolute atomic E-state index is 0.549. The maximum atomic E-state index is 12.3. The summed E-state index contributed by atoms with van der Waals surface area (Å²) in [6, 6.07) is 0. The molecule has 0 aromatic rings. The fourth-order valence-corrected chi connectivity index (χ4v) is 1.96. The summed E-state index contributed by atoms with van der Waals surface area (Å²) in [4.78, 5) is 3.33. The Bertz CT molecular complexity index is 337. The predicted molar refractivity (Wildman–Crippen MR) is 73.5 cm³/mol. The van der Waals surface area contributed by atoms with Gasteiger partial charge in [-0.15, -0.1) is 0 Å². The van der Waals surface area contributed by atoms with Gasteiger partial charge in [-0.2, -0.15) is 13.2 Å². The number of rotatable bonds is 0. The van der Waals surface area contributed by atoms with E-state index in [0.717, 1.165) is 6.21 Å². The molecule has 1 heterocycles. The lowest BCUT2D eigenvalue weighted by molar-refractivity contribution is -0.175. The van der Waals surface area contributed by atoms with Crippen molar-refractivity contribution in [3.8, 4) is 0 Å². The molecule has 1 aliphatic carbocycles. The van der Waals surface area contributed by atoms with Gasteiger partial charge in [-0.3, -0.25) is 4.99 Å². The highest BCUT2D eigenvalue weighted by Gasteiger charge is 2.66. The molecule has 19 heavy (non-hydrogen) atoms. The van der Waals surface area contributed by atoms with Crippen LogP contribution in [0.2, 0.25) is 0 Å². The van der Waals surface area contributed by atoms with E-state index in [-0.39, 0.29) is 0 Å². The van der Waals surface area contributed by atoms with Crippen LogP contribution in [0.4, 0.5) is 13.2 Å². The molecule has 1 atom stereocenters. The summed E-state index contributed by atoms with van der Waals surface area (Å²) in [6.45, 7) is 14.0. The van der Waals surface area contributed by atoms with Crippen molar-refractivity contribution >= 4 is 6.21 Å². The number of hydrogen-bond acceptors (Lipinski definition) is 1. The standard InChI is InChI=1S/C8H16.C7H10F3N/c1-7(2,3)8(4)5-6-8;1-5(2,3)6(4-11-6)7(8,9)10/h5-6H2,1-4H3;4H,1-3H3. The Hall–Kier alpha value is -0.540. The van der Waals surface area contributed by atoms with Crippen LogP contribution in [0.25, 0.3) is 0 Å². The molecule has 0 bridgehead atoms. The Morgan fingerprint density at radius 1 is 0.895 bits per heavy atom. The molecular weight excluding hydrogens is 251 g/mol. The van der Waals surface area contributed by atoms with Crippen LogP contribution in [0.5, 0.6) is 0 Å². The normalized spacial score (nSPS) is 28.5. The van der Waals surface area contributed by atoms with Crippen molar-refractivity contribution in [3.05, 3.63) is 0 Å². The summed E-state index contributed by atoms with van der Waals surface area (Å²) < 4.78 is 36.8. The van der Waals surface area contributed by atoms with Gasteiger partial charge in [-0.1, -0.05) is 48.5 Å². The molecule has 4 heteroatoms. The quantitative estimate of drug-likeness (QED) is 0.573. The largest absolute Gasteiger partial charge is 0.419 e. The molecule has 1 unspecified atom stereocenters. The first-order valence-corrected chi connectivity index (χ1v) is 6.79. The number of hydrogen-bond donors (Lipinski definition) is 0. The van der Waals surface area contributed by atoms with Gasteiger partial charge in [0.25, 0.3) is 0 Å². The molecule has 0 spiro atoms. The minimum Gasteiger partial charge on any atom is -0.272 e. The lowest BCUT2D eigenvalue weighted by Crippen LogP contribution is -2.45. The van der Waals surface area contributed by atoms with Crippen LogP contribution < -0.4 is 0 Å². The molecule has 0 radical (unpaired) electrons. The predicted octanol–water partition coefficient (Wildman–Crippen LogP) is 5.25. The van der Waals surface area contributed by atoms with Crippen LogP contribution in [0.1, 0.15) is 61.3 Å². The molecule has 1 aliphatic heterocycles. The van der Waals surface area contributed by atoms with E-state index in [0.29, 0.717) is 10.8 Å². The fraction of sp³-hybridized carbons (Fsp3) is 0.933. The summed E-state index contributed by atoms with van der Waals surface area (Å²) in [5.74, 6) is 0. The van der Waals surface area contributed by atoms with Crippen molar-refractivity contribution in [1.29, 1.82) is 0 Å². The first kappa shape index (κ1) is 16.5. The number of nitrogens with zero attached hydrogens (tertiary/aromatic N) is 1. The van der Waals surface area contributed by atoms with Gasteiger partial charge in [0.05, 0.1) is 0 Å². The molecule has 1 saturated carbocycles. The molecule has 112 valence electrons. The van der Waals surface area contributed by atoms with Crippen molar-refractivity contribution in [1.82, 2.24) is 0 Å². The highest BCUT2D eigenvalue weighted by molar-refractivity contribution is 5.86. The van der Waals surface area contributed by atoms with Crippen LogP contribution >= 0.6 is 0 Å². The van der Waals surface area contributed by atoms with E-state index in [1.165, 1.54) is 33.6 Å². The Kier molecular flexibility index (Phi) is 3.67. The van der Waals surface area contributed by atoms with E-state index in [4.69, 9.17) is 0 Å². The maximum Gasteiger partial charge on any atom is 0.419 e. The lowest BCUT2D eigenvalue weighted by Gasteiger charge is -2.30. The SMILES string of the molecule is CC(C)(C)C1(C(F)(F)F)C=N1.CC(C)(C)C1(C)CC1. The number of halogens is 3. The van der Waals surface area contributed by atoms with Crippen LogP contribution in [-0.4, -0.2) is 17.9 Å². The van der Waals surface area contributed by atoms with Crippen molar-refractivity contribution in [3.63, 3.8) is 0 Å². The summed E-state index contributed by atoms with van der Waals surface area (Å²) in [6.07, 6.45) is -0.370. The van der Waals surface area contributed by atoms with Crippen LogP contribution in [0, 0.1) is 16.2 Å². The molecule has 0 saturated heterocycles. The summed E-state index contributed by atoms with van der Waals surface area (Å²) in [5, 5.41) is 0. The average molecular weight is 277 g/mol. The zero-order chi connectivity index (χ0) is 15.3. The fourth-order valence-electron chi connectivity index (χ4n) is 1.96. The number of alkyl halides is 3. The van der Waals surface area contributed by atoms with Gasteiger partial charge in [0.2, 0.25) is 0 Å². The zero-order valence-corrected chi connectivity index (χ0v) is 13.1. The van der Waals surface area contributed by atoms with Gasteiger partial charge in [0.15, 0.2) is 5.54 Å². The molecule has 2 aliphatic rings. The van der Waals surface area contributed by atoms with Crippen molar-refractivity contribution in [2.24, 2.45) is 21.2 Å². The van der Waals surface area contributed by atoms with Crippen LogP contribution in [0.3, 0.4) is 0 Å². The van der Waals surface area contributed by atoms with E-state index in [9.17, 15) is 13.2 Å². The van der Waals surface area contributed by atoms with E-state index in [2.05, 4.69) is 32.7 Å². The van der Waals surface area contributed by atoms with Gasteiger partial charge in [-0.25, -0.2) is 0 Å². The summed E-state index contributed by atoms with van der Waals surface area (Å²) in [7, 11) is 0. The molecule has 1 fully saturated rings. The lowest BCUT2D eigenvalue weighted by atomic mass is 9.79. The van der Waals surface area contributed by atoms with Crippen LogP contribution in [0.15, 0.2) is 4.99 Å². The molecule has 0 N–H and O–H groups in total. The van der Waals surface area contributed by atoms with Gasteiger partial charge in [0.1, 0.15) is 0 Å². The van der Waals surface area contributed by atoms with Crippen LogP contribution in [-0.2, 0) is 0 Å². The first-order chi connectivity index (χ1) is 8.16. The summed E-state index contributed by atoms with van der Waals surface area (Å²) >= 11 is 0. The average Bonchev–Trinajstić information content (AvgIpc) is 2.90. The molecular formula is C15H26F3N. The van der Waals surface area contributed by atoms with Crippen molar-refractivity contribution in [2.75, 3.05) is 0 Å². The molecule has 0 amide bonds. The van der Waals surface area contributed by atoms with E-state index in [1.807, 2.05) is 0 Å². The Labute approximate surface area is 114 Å². The zero-order valence-electron chi connectivity index (χ0n) is 13.1. The Balaban J connectivity index is 0.000000200. The van der Waals surface area contributed by atoms with E-state index in [1.54, 1.807) is 0 Å². The minimum atomic E-state index is -4.23. The van der Waals surface area contributed by atoms with Gasteiger partial charge >= 0.3 is 6.18 Å². The van der Waals surface area contributed by atoms with Crippen molar-refractivity contribution < 1.29 is 13.2 Å². The first-order valence-electron chi connectivity index (χ1n) is 6.79. The topological polar surface area (TPSA) is 12.4 Å². The Morgan fingerprint density at radius 3 is 1.26 bits per heavy atom. The third kappa shape index (κ3) is 3.14. The second kappa shape index (κ2) is 4.23.